The molecule has 0 aromatic rings. The number of piperidine rings is 1. The molecule has 0 atom stereocenters. The lowest BCUT2D eigenvalue weighted by molar-refractivity contribution is 0.262. The van der Waals surface area contributed by atoms with Gasteiger partial charge in [0, 0.05) is 26.2 Å². The smallest absolute Gasteiger partial charge is 0.281 e. The molecular weight excluding hydrogens is 286 g/mol. The van der Waals surface area contributed by atoms with Gasteiger partial charge in [0.1, 0.15) is 0 Å². The van der Waals surface area contributed by atoms with Crippen molar-refractivity contribution in [3.8, 4) is 0 Å². The van der Waals surface area contributed by atoms with Gasteiger partial charge in [0.05, 0.1) is 0 Å². The Morgan fingerprint density at radius 2 is 1.79 bits per heavy atom. The topological polar surface area (TPSA) is 52.6 Å². The first-order valence-corrected chi connectivity index (χ1v) is 8.50. The van der Waals surface area contributed by atoms with Gasteiger partial charge in [-0.2, -0.15) is 17.0 Å². The summed E-state index contributed by atoms with van der Waals surface area (Å²) in [6.07, 6.45) is 4.34. The molecule has 0 radical (unpaired) electrons. The van der Waals surface area contributed by atoms with Crippen LogP contribution in [0.2, 0.25) is 0 Å². The van der Waals surface area contributed by atoms with Crippen LogP contribution < -0.4 is 5.32 Å². The molecule has 0 unspecified atom stereocenters. The maximum absolute atomic E-state index is 12.3. The van der Waals surface area contributed by atoms with Crippen LogP contribution in [0.3, 0.4) is 0 Å². The Balaban J connectivity index is 0.00000180. The lowest BCUT2D eigenvalue weighted by Crippen LogP contribution is -2.50. The van der Waals surface area contributed by atoms with Crippen molar-refractivity contribution in [3.63, 3.8) is 0 Å². The molecule has 2 aliphatic heterocycles. The molecule has 114 valence electrons. The fourth-order valence-electron chi connectivity index (χ4n) is 2.86. The van der Waals surface area contributed by atoms with E-state index in [1.807, 2.05) is 6.92 Å². The zero-order valence-corrected chi connectivity index (χ0v) is 13.3. The average Bonchev–Trinajstić information content (AvgIpc) is 2.38. The van der Waals surface area contributed by atoms with E-state index in [-0.39, 0.29) is 12.4 Å². The molecule has 0 bridgehead atoms. The predicted octanol–water partition coefficient (Wildman–Crippen LogP) is 1.07. The second-order valence-electron chi connectivity index (χ2n) is 5.23. The zero-order chi connectivity index (χ0) is 13.0. The van der Waals surface area contributed by atoms with Gasteiger partial charge in [0.25, 0.3) is 10.2 Å². The Kier molecular flexibility index (Phi) is 7.04. The van der Waals surface area contributed by atoms with E-state index in [1.165, 1.54) is 12.8 Å². The van der Waals surface area contributed by atoms with Crippen LogP contribution in [0.25, 0.3) is 0 Å². The summed E-state index contributed by atoms with van der Waals surface area (Å²) in [5.41, 5.74) is 0. The van der Waals surface area contributed by atoms with Gasteiger partial charge in [-0.1, -0.05) is 6.92 Å². The van der Waals surface area contributed by atoms with Gasteiger partial charge in [-0.25, -0.2) is 0 Å². The molecule has 1 N–H and O–H groups in total. The molecule has 0 aromatic heterocycles. The molecule has 0 aliphatic carbocycles. The Bertz CT molecular complexity index is 358. The lowest BCUT2D eigenvalue weighted by atomic mass is 9.95. The molecule has 7 heteroatoms. The SMILES string of the molecule is CCN1CCCN(CCC2CCNCC2)S1(=O)=O.Cl. The van der Waals surface area contributed by atoms with Crippen molar-refractivity contribution in [2.24, 2.45) is 5.92 Å². The Labute approximate surface area is 123 Å². The molecule has 0 aromatic carbocycles. The molecule has 0 amide bonds. The zero-order valence-electron chi connectivity index (χ0n) is 11.7. The van der Waals surface area contributed by atoms with E-state index in [0.29, 0.717) is 32.1 Å². The van der Waals surface area contributed by atoms with Gasteiger partial charge in [0.15, 0.2) is 0 Å². The largest absolute Gasteiger partial charge is 0.317 e. The quantitative estimate of drug-likeness (QED) is 0.845. The van der Waals surface area contributed by atoms with Gasteiger partial charge < -0.3 is 5.32 Å². The Morgan fingerprint density at radius 1 is 1.16 bits per heavy atom. The molecule has 2 heterocycles. The van der Waals surface area contributed by atoms with Crippen molar-refractivity contribution in [2.75, 3.05) is 39.3 Å². The van der Waals surface area contributed by atoms with Gasteiger partial charge >= 0.3 is 0 Å². The lowest BCUT2D eigenvalue weighted by Gasteiger charge is -2.35. The highest BCUT2D eigenvalue weighted by Gasteiger charge is 2.32. The third kappa shape index (κ3) is 4.29. The fraction of sp³-hybridized carbons (Fsp3) is 1.00. The van der Waals surface area contributed by atoms with Crippen molar-refractivity contribution in [1.29, 1.82) is 0 Å². The predicted molar refractivity (Wildman–Crippen MR) is 79.8 cm³/mol. The summed E-state index contributed by atoms with van der Waals surface area (Å²) in [5, 5.41) is 3.35. The summed E-state index contributed by atoms with van der Waals surface area (Å²) in [6.45, 7) is 6.74. The number of hydrogen-bond acceptors (Lipinski definition) is 3. The Hall–Kier alpha value is 0.120. The number of nitrogens with one attached hydrogen (secondary N) is 1. The molecule has 2 rings (SSSR count). The van der Waals surface area contributed by atoms with Crippen LogP contribution in [0.5, 0.6) is 0 Å². The fourth-order valence-corrected chi connectivity index (χ4v) is 4.57. The van der Waals surface area contributed by atoms with E-state index in [4.69, 9.17) is 0 Å². The minimum atomic E-state index is -3.16. The van der Waals surface area contributed by atoms with Crippen LogP contribution in [-0.2, 0) is 10.2 Å². The van der Waals surface area contributed by atoms with Crippen LogP contribution in [0.4, 0.5) is 0 Å². The first-order chi connectivity index (χ1) is 8.64. The van der Waals surface area contributed by atoms with Gasteiger partial charge in [-0.15, -0.1) is 12.4 Å². The highest BCUT2D eigenvalue weighted by atomic mass is 35.5. The summed E-state index contributed by atoms with van der Waals surface area (Å²) in [7, 11) is -3.16. The highest BCUT2D eigenvalue weighted by molar-refractivity contribution is 7.86. The van der Waals surface area contributed by atoms with E-state index < -0.39 is 10.2 Å². The normalized spacial score (nSPS) is 25.9. The maximum Gasteiger partial charge on any atom is 0.281 e. The van der Waals surface area contributed by atoms with Crippen molar-refractivity contribution >= 4 is 22.6 Å². The number of nitrogens with zero attached hydrogens (tertiary/aromatic N) is 2. The molecule has 5 nitrogen and oxygen atoms in total. The van der Waals surface area contributed by atoms with Crippen LogP contribution in [0.1, 0.15) is 32.6 Å². The van der Waals surface area contributed by atoms with E-state index >= 15 is 0 Å². The summed E-state index contributed by atoms with van der Waals surface area (Å²) < 4.78 is 27.8. The standard InChI is InChI=1S/C12H25N3O2S.ClH/c1-2-14-9-3-10-15(18(14,16)17)11-6-12-4-7-13-8-5-12;/h12-13H,2-11H2,1H3;1H. The van der Waals surface area contributed by atoms with Crippen LogP contribution in [0.15, 0.2) is 0 Å². The summed E-state index contributed by atoms with van der Waals surface area (Å²) in [4.78, 5) is 0. The molecule has 0 saturated carbocycles. The monoisotopic (exact) mass is 311 g/mol. The van der Waals surface area contributed by atoms with Gasteiger partial charge in [0.2, 0.25) is 0 Å². The van der Waals surface area contributed by atoms with Gasteiger partial charge in [-0.05, 0) is 44.7 Å². The average molecular weight is 312 g/mol. The number of halogens is 1. The second-order valence-corrected chi connectivity index (χ2v) is 7.16. The Morgan fingerprint density at radius 3 is 2.42 bits per heavy atom. The highest BCUT2D eigenvalue weighted by Crippen LogP contribution is 2.20. The van der Waals surface area contributed by atoms with Crippen molar-refractivity contribution in [3.05, 3.63) is 0 Å². The third-order valence-corrected chi connectivity index (χ3v) is 6.18. The van der Waals surface area contributed by atoms with Crippen molar-refractivity contribution in [1.82, 2.24) is 13.9 Å². The maximum atomic E-state index is 12.3. The summed E-state index contributed by atoms with van der Waals surface area (Å²) in [6, 6.07) is 0. The number of hydrogen-bond donors (Lipinski definition) is 1. The van der Waals surface area contributed by atoms with Crippen LogP contribution in [0, 0.1) is 5.92 Å². The first kappa shape index (κ1) is 17.2. The first-order valence-electron chi connectivity index (χ1n) is 7.10. The molecule has 2 saturated heterocycles. The summed E-state index contributed by atoms with van der Waals surface area (Å²) in [5.74, 6) is 0.693. The van der Waals surface area contributed by atoms with Crippen LogP contribution >= 0.6 is 12.4 Å². The van der Waals surface area contributed by atoms with Gasteiger partial charge in [-0.3, -0.25) is 0 Å². The molecule has 0 spiro atoms. The molecule has 2 aliphatic rings. The van der Waals surface area contributed by atoms with E-state index in [1.54, 1.807) is 8.61 Å². The second kappa shape index (κ2) is 7.78. The van der Waals surface area contributed by atoms with E-state index in [9.17, 15) is 8.42 Å². The molecular formula is C12H26ClN3O2S. The number of rotatable bonds is 4. The minimum Gasteiger partial charge on any atom is -0.317 e. The van der Waals surface area contributed by atoms with E-state index in [2.05, 4.69) is 5.32 Å². The minimum absolute atomic E-state index is 0. The summed E-state index contributed by atoms with van der Waals surface area (Å²) >= 11 is 0. The van der Waals surface area contributed by atoms with Crippen molar-refractivity contribution < 1.29 is 8.42 Å². The van der Waals surface area contributed by atoms with Crippen LogP contribution in [-0.4, -0.2) is 56.3 Å². The molecule has 19 heavy (non-hydrogen) atoms. The molecule has 2 fully saturated rings. The third-order valence-electron chi connectivity index (χ3n) is 4.07. The van der Waals surface area contributed by atoms with E-state index in [0.717, 1.165) is 25.9 Å². The van der Waals surface area contributed by atoms with Crippen molar-refractivity contribution in [2.45, 2.75) is 32.6 Å².